The third-order valence-corrected chi connectivity index (χ3v) is 4.07. The maximum atomic E-state index is 12.6. The number of nitrogens with zero attached hydrogens (tertiary/aromatic N) is 2. The predicted molar refractivity (Wildman–Crippen MR) is 95.8 cm³/mol. The molecule has 0 aromatic heterocycles. The van der Waals surface area contributed by atoms with Gasteiger partial charge >= 0.3 is 5.97 Å². The van der Waals surface area contributed by atoms with Gasteiger partial charge in [0.25, 0.3) is 11.8 Å². The number of aliphatic hydroxyl groups is 1. The fraction of sp³-hybridized carbons (Fsp3) is 0.353. The Morgan fingerprint density at radius 3 is 2.65 bits per heavy atom. The molecule has 140 valence electrons. The molecule has 1 heterocycles. The molecule has 0 radical (unpaired) electrons. The van der Waals surface area contributed by atoms with Gasteiger partial charge in [0.05, 0.1) is 37.1 Å². The van der Waals surface area contributed by atoms with E-state index in [1.54, 1.807) is 26.2 Å². The summed E-state index contributed by atoms with van der Waals surface area (Å²) >= 11 is 5.99. The van der Waals surface area contributed by atoms with Crippen LogP contribution in [-0.4, -0.2) is 73.6 Å². The lowest BCUT2D eigenvalue weighted by Gasteiger charge is -2.17. The maximum Gasteiger partial charge on any atom is 0.337 e. The highest BCUT2D eigenvalue weighted by molar-refractivity contribution is 6.31. The third-order valence-electron chi connectivity index (χ3n) is 3.83. The molecule has 0 fully saturated rings. The summed E-state index contributed by atoms with van der Waals surface area (Å²) in [4.78, 5) is 39.7. The third kappa shape index (κ3) is 3.97. The van der Waals surface area contributed by atoms with Crippen molar-refractivity contribution < 1.29 is 24.2 Å². The van der Waals surface area contributed by atoms with E-state index in [9.17, 15) is 14.4 Å². The van der Waals surface area contributed by atoms with Crippen LogP contribution in [0.4, 0.5) is 5.69 Å². The number of hydrogen-bond donors (Lipinski definition) is 2. The summed E-state index contributed by atoms with van der Waals surface area (Å²) in [6, 6.07) is 4.61. The quantitative estimate of drug-likeness (QED) is 0.704. The molecule has 2 amide bonds. The van der Waals surface area contributed by atoms with Gasteiger partial charge in [-0.05, 0) is 18.2 Å². The van der Waals surface area contributed by atoms with Gasteiger partial charge in [0.1, 0.15) is 5.70 Å². The van der Waals surface area contributed by atoms with E-state index in [0.717, 1.165) is 0 Å². The zero-order valence-electron chi connectivity index (χ0n) is 14.7. The second-order valence-electron chi connectivity index (χ2n) is 5.81. The van der Waals surface area contributed by atoms with Crippen LogP contribution in [-0.2, 0) is 14.3 Å². The van der Waals surface area contributed by atoms with E-state index >= 15 is 0 Å². The SMILES string of the molecule is COC(=O)C1=C(Nc2ccc(Cl)cc2C(=O)N(C)C)C(=O)N(CCO)C1. The van der Waals surface area contributed by atoms with Crippen molar-refractivity contribution in [2.24, 2.45) is 0 Å². The van der Waals surface area contributed by atoms with Crippen LogP contribution < -0.4 is 5.32 Å². The van der Waals surface area contributed by atoms with Crippen molar-refractivity contribution in [3.63, 3.8) is 0 Å². The first-order valence-electron chi connectivity index (χ1n) is 7.80. The summed E-state index contributed by atoms with van der Waals surface area (Å²) < 4.78 is 4.74. The summed E-state index contributed by atoms with van der Waals surface area (Å²) in [5, 5.41) is 12.3. The molecule has 0 aliphatic carbocycles. The molecule has 0 saturated heterocycles. The second kappa shape index (κ2) is 8.20. The molecule has 1 aromatic carbocycles. The van der Waals surface area contributed by atoms with Gasteiger partial charge in [0, 0.05) is 25.7 Å². The monoisotopic (exact) mass is 381 g/mol. The number of ether oxygens (including phenoxy) is 1. The van der Waals surface area contributed by atoms with Crippen molar-refractivity contribution >= 4 is 35.1 Å². The Hall–Kier alpha value is -2.58. The number of esters is 1. The normalized spacial score (nSPS) is 13.9. The fourth-order valence-electron chi connectivity index (χ4n) is 2.53. The number of aliphatic hydroxyl groups excluding tert-OH is 1. The van der Waals surface area contributed by atoms with Crippen LogP contribution in [0.5, 0.6) is 0 Å². The van der Waals surface area contributed by atoms with E-state index in [0.29, 0.717) is 10.7 Å². The fourth-order valence-corrected chi connectivity index (χ4v) is 2.70. The zero-order valence-corrected chi connectivity index (χ0v) is 15.5. The average Bonchev–Trinajstić information content (AvgIpc) is 2.91. The Balaban J connectivity index is 2.46. The van der Waals surface area contributed by atoms with Gasteiger partial charge in [0.15, 0.2) is 0 Å². The highest BCUT2D eigenvalue weighted by Crippen LogP contribution is 2.27. The summed E-state index contributed by atoms with van der Waals surface area (Å²) in [5.41, 5.74) is 0.737. The van der Waals surface area contributed by atoms with Gasteiger partial charge in [-0.3, -0.25) is 9.59 Å². The van der Waals surface area contributed by atoms with Crippen LogP contribution in [0.25, 0.3) is 0 Å². The van der Waals surface area contributed by atoms with Crippen molar-refractivity contribution in [3.8, 4) is 0 Å². The van der Waals surface area contributed by atoms with E-state index in [-0.39, 0.29) is 42.4 Å². The Bertz CT molecular complexity index is 776. The number of amides is 2. The molecule has 1 aliphatic heterocycles. The Labute approximate surface area is 156 Å². The van der Waals surface area contributed by atoms with Gasteiger partial charge < -0.3 is 25.0 Å². The van der Waals surface area contributed by atoms with E-state index in [1.807, 2.05) is 0 Å². The Kier molecular flexibility index (Phi) is 6.23. The van der Waals surface area contributed by atoms with Crippen molar-refractivity contribution in [3.05, 3.63) is 40.1 Å². The number of hydrogen-bond acceptors (Lipinski definition) is 6. The van der Waals surface area contributed by atoms with Crippen molar-refractivity contribution in [1.82, 2.24) is 9.80 Å². The molecule has 0 atom stereocenters. The standard InChI is InChI=1S/C17H20ClN3O5/c1-20(2)15(23)11-8-10(18)4-5-13(11)19-14-12(17(25)26-3)9-21(6-7-22)16(14)24/h4-5,8,19,22H,6-7,9H2,1-3H3. The predicted octanol–water partition coefficient (Wildman–Crippen LogP) is 0.715. The lowest BCUT2D eigenvalue weighted by molar-refractivity contribution is -0.136. The topological polar surface area (TPSA) is 99.2 Å². The smallest absolute Gasteiger partial charge is 0.337 e. The Morgan fingerprint density at radius 2 is 2.08 bits per heavy atom. The Morgan fingerprint density at radius 1 is 1.38 bits per heavy atom. The van der Waals surface area contributed by atoms with Gasteiger partial charge in [-0.25, -0.2) is 4.79 Å². The van der Waals surface area contributed by atoms with Gasteiger partial charge in [-0.15, -0.1) is 0 Å². The molecule has 26 heavy (non-hydrogen) atoms. The minimum atomic E-state index is -0.657. The molecule has 0 unspecified atom stereocenters. The molecule has 2 rings (SSSR count). The van der Waals surface area contributed by atoms with E-state index in [1.165, 1.54) is 23.0 Å². The maximum absolute atomic E-state index is 12.6. The van der Waals surface area contributed by atoms with Crippen molar-refractivity contribution in [1.29, 1.82) is 0 Å². The van der Waals surface area contributed by atoms with Crippen molar-refractivity contribution in [2.45, 2.75) is 0 Å². The largest absolute Gasteiger partial charge is 0.466 e. The van der Waals surface area contributed by atoms with Crippen LogP contribution in [0.2, 0.25) is 5.02 Å². The number of β-amino-alcohol motifs (C(OH)–C–C–N with tert-alkyl or cyclic N) is 1. The number of carbonyl (C=O) groups excluding carboxylic acids is 3. The molecular formula is C17H20ClN3O5. The summed E-state index contributed by atoms with van der Waals surface area (Å²) in [7, 11) is 4.40. The van der Waals surface area contributed by atoms with Gasteiger partial charge in [0.2, 0.25) is 0 Å². The van der Waals surface area contributed by atoms with Crippen LogP contribution in [0.1, 0.15) is 10.4 Å². The van der Waals surface area contributed by atoms with Crippen LogP contribution in [0, 0.1) is 0 Å². The lowest BCUT2D eigenvalue weighted by atomic mass is 10.1. The lowest BCUT2D eigenvalue weighted by Crippen LogP contribution is -2.31. The highest BCUT2D eigenvalue weighted by Gasteiger charge is 2.35. The van der Waals surface area contributed by atoms with Gasteiger partial charge in [-0.2, -0.15) is 0 Å². The highest BCUT2D eigenvalue weighted by atomic mass is 35.5. The molecular weight excluding hydrogens is 362 g/mol. The number of benzene rings is 1. The molecule has 0 spiro atoms. The molecule has 1 aliphatic rings. The minimum absolute atomic E-state index is 0.0128. The molecule has 0 saturated carbocycles. The second-order valence-corrected chi connectivity index (χ2v) is 6.25. The number of methoxy groups -OCH3 is 1. The first-order valence-corrected chi connectivity index (χ1v) is 8.17. The molecule has 2 N–H and O–H groups in total. The zero-order chi connectivity index (χ0) is 19.4. The minimum Gasteiger partial charge on any atom is -0.466 e. The number of nitrogens with one attached hydrogen (secondary N) is 1. The number of anilines is 1. The van der Waals surface area contributed by atoms with Crippen LogP contribution in [0.3, 0.4) is 0 Å². The van der Waals surface area contributed by atoms with Gasteiger partial charge in [-0.1, -0.05) is 11.6 Å². The van der Waals surface area contributed by atoms with Crippen LogP contribution in [0.15, 0.2) is 29.5 Å². The first-order chi connectivity index (χ1) is 12.3. The number of carbonyl (C=O) groups is 3. The number of halogens is 1. The molecule has 9 heteroatoms. The van der Waals surface area contributed by atoms with Crippen LogP contribution >= 0.6 is 11.6 Å². The molecule has 8 nitrogen and oxygen atoms in total. The average molecular weight is 382 g/mol. The van der Waals surface area contributed by atoms with E-state index < -0.39 is 11.9 Å². The van der Waals surface area contributed by atoms with E-state index in [2.05, 4.69) is 5.32 Å². The molecule has 1 aromatic rings. The van der Waals surface area contributed by atoms with E-state index in [4.69, 9.17) is 21.4 Å². The molecule has 0 bridgehead atoms. The first kappa shape index (κ1) is 19.7. The summed E-state index contributed by atoms with van der Waals surface area (Å²) in [5.74, 6) is -1.43. The number of rotatable bonds is 6. The van der Waals surface area contributed by atoms with Crippen molar-refractivity contribution in [2.75, 3.05) is 46.2 Å². The summed E-state index contributed by atoms with van der Waals surface area (Å²) in [6.45, 7) is -0.146. The summed E-state index contributed by atoms with van der Waals surface area (Å²) in [6.07, 6.45) is 0.